The Labute approximate surface area is 82.2 Å². The maximum Gasteiger partial charge on any atom is 0.339 e. The van der Waals surface area contributed by atoms with Gasteiger partial charge in [-0.15, -0.1) is 0 Å². The Balaban J connectivity index is 2.50. The molecule has 2 rings (SSSR count). The van der Waals surface area contributed by atoms with E-state index in [2.05, 4.69) is 4.74 Å². The SMILES string of the molecule is COC(=O)c1cc2c(cc1N)C=CC2. The second-order valence-corrected chi connectivity index (χ2v) is 3.24. The summed E-state index contributed by atoms with van der Waals surface area (Å²) in [6.45, 7) is 0. The number of allylic oxidation sites excluding steroid dienone is 1. The summed E-state index contributed by atoms with van der Waals surface area (Å²) in [5.41, 5.74) is 8.88. The van der Waals surface area contributed by atoms with E-state index in [0.29, 0.717) is 11.3 Å². The van der Waals surface area contributed by atoms with Crippen LogP contribution in [0, 0.1) is 0 Å². The van der Waals surface area contributed by atoms with Gasteiger partial charge in [0.2, 0.25) is 0 Å². The number of esters is 1. The zero-order chi connectivity index (χ0) is 10.1. The van der Waals surface area contributed by atoms with E-state index in [4.69, 9.17) is 5.73 Å². The third-order valence-corrected chi connectivity index (χ3v) is 2.35. The number of nitrogen functional groups attached to an aromatic ring is 1. The molecule has 0 aromatic heterocycles. The van der Waals surface area contributed by atoms with Gasteiger partial charge in [0.1, 0.15) is 0 Å². The van der Waals surface area contributed by atoms with Crippen LogP contribution in [0.15, 0.2) is 18.2 Å². The number of benzene rings is 1. The molecule has 0 saturated carbocycles. The van der Waals surface area contributed by atoms with Crippen LogP contribution in [0.4, 0.5) is 5.69 Å². The van der Waals surface area contributed by atoms with E-state index >= 15 is 0 Å². The summed E-state index contributed by atoms with van der Waals surface area (Å²) >= 11 is 0. The molecule has 0 fully saturated rings. The van der Waals surface area contributed by atoms with Crippen LogP contribution in [0.25, 0.3) is 6.08 Å². The fraction of sp³-hybridized carbons (Fsp3) is 0.182. The molecule has 0 spiro atoms. The number of carbonyl (C=O) groups is 1. The summed E-state index contributed by atoms with van der Waals surface area (Å²) in [5.74, 6) is -0.378. The van der Waals surface area contributed by atoms with E-state index in [9.17, 15) is 4.79 Å². The largest absolute Gasteiger partial charge is 0.465 e. The molecule has 1 aliphatic rings. The topological polar surface area (TPSA) is 52.3 Å². The van der Waals surface area contributed by atoms with Crippen molar-refractivity contribution in [1.29, 1.82) is 0 Å². The van der Waals surface area contributed by atoms with Gasteiger partial charge >= 0.3 is 5.97 Å². The van der Waals surface area contributed by atoms with Gasteiger partial charge in [0.05, 0.1) is 12.7 Å². The molecule has 72 valence electrons. The molecule has 3 heteroatoms. The van der Waals surface area contributed by atoms with Crippen molar-refractivity contribution in [2.24, 2.45) is 0 Å². The number of methoxy groups -OCH3 is 1. The number of hydrogen-bond donors (Lipinski definition) is 1. The molecule has 0 radical (unpaired) electrons. The summed E-state index contributed by atoms with van der Waals surface area (Å²) < 4.78 is 4.64. The van der Waals surface area contributed by atoms with E-state index < -0.39 is 0 Å². The van der Waals surface area contributed by atoms with Gasteiger partial charge in [-0.3, -0.25) is 0 Å². The van der Waals surface area contributed by atoms with Crippen LogP contribution in [-0.2, 0) is 11.2 Å². The number of nitrogens with two attached hydrogens (primary N) is 1. The summed E-state index contributed by atoms with van der Waals surface area (Å²) in [7, 11) is 1.35. The van der Waals surface area contributed by atoms with Crippen LogP contribution in [0.2, 0.25) is 0 Å². The van der Waals surface area contributed by atoms with Crippen molar-refractivity contribution in [3.63, 3.8) is 0 Å². The van der Waals surface area contributed by atoms with Crippen molar-refractivity contribution in [3.05, 3.63) is 34.9 Å². The Kier molecular flexibility index (Phi) is 2.00. The van der Waals surface area contributed by atoms with Crippen molar-refractivity contribution in [1.82, 2.24) is 0 Å². The second kappa shape index (κ2) is 3.18. The first-order valence-electron chi connectivity index (χ1n) is 4.39. The summed E-state index contributed by atoms with van der Waals surface area (Å²) in [6.07, 6.45) is 4.91. The van der Waals surface area contributed by atoms with Gasteiger partial charge in [0.15, 0.2) is 0 Å². The Morgan fingerprint density at radius 1 is 1.50 bits per heavy atom. The number of fused-ring (bicyclic) bond motifs is 1. The predicted molar refractivity (Wildman–Crippen MR) is 54.9 cm³/mol. The lowest BCUT2D eigenvalue weighted by atomic mass is 10.0. The van der Waals surface area contributed by atoms with Crippen molar-refractivity contribution in [3.8, 4) is 0 Å². The Bertz CT molecular complexity index is 422. The van der Waals surface area contributed by atoms with E-state index in [1.54, 1.807) is 6.07 Å². The highest BCUT2D eigenvalue weighted by atomic mass is 16.5. The lowest BCUT2D eigenvalue weighted by Crippen LogP contribution is -2.06. The Hall–Kier alpha value is -1.77. The van der Waals surface area contributed by atoms with Crippen molar-refractivity contribution in [2.75, 3.05) is 12.8 Å². The minimum Gasteiger partial charge on any atom is -0.465 e. The van der Waals surface area contributed by atoms with Crippen LogP contribution >= 0.6 is 0 Å². The molecule has 0 bridgehead atoms. The molecule has 1 aromatic rings. The first-order chi connectivity index (χ1) is 6.72. The van der Waals surface area contributed by atoms with E-state index in [1.807, 2.05) is 18.2 Å². The molecule has 1 aromatic carbocycles. The highest BCUT2D eigenvalue weighted by Gasteiger charge is 2.14. The highest BCUT2D eigenvalue weighted by molar-refractivity contribution is 5.96. The third-order valence-electron chi connectivity index (χ3n) is 2.35. The fourth-order valence-corrected chi connectivity index (χ4v) is 1.61. The molecule has 0 heterocycles. The van der Waals surface area contributed by atoms with Crippen LogP contribution in [0.5, 0.6) is 0 Å². The average molecular weight is 189 g/mol. The number of anilines is 1. The maximum atomic E-state index is 11.3. The lowest BCUT2D eigenvalue weighted by Gasteiger charge is -2.06. The molecule has 0 unspecified atom stereocenters. The molecule has 0 saturated heterocycles. The van der Waals surface area contributed by atoms with Crippen LogP contribution in [0.1, 0.15) is 21.5 Å². The fourth-order valence-electron chi connectivity index (χ4n) is 1.61. The van der Waals surface area contributed by atoms with Gasteiger partial charge < -0.3 is 10.5 Å². The van der Waals surface area contributed by atoms with Crippen molar-refractivity contribution < 1.29 is 9.53 Å². The van der Waals surface area contributed by atoms with E-state index in [-0.39, 0.29) is 5.97 Å². The van der Waals surface area contributed by atoms with Gasteiger partial charge in [-0.1, -0.05) is 12.2 Å². The number of carbonyl (C=O) groups excluding carboxylic acids is 1. The number of rotatable bonds is 1. The minimum absolute atomic E-state index is 0.378. The first-order valence-corrected chi connectivity index (χ1v) is 4.39. The van der Waals surface area contributed by atoms with Crippen LogP contribution in [-0.4, -0.2) is 13.1 Å². The zero-order valence-electron chi connectivity index (χ0n) is 7.91. The number of ether oxygens (including phenoxy) is 1. The third kappa shape index (κ3) is 1.27. The van der Waals surface area contributed by atoms with E-state index in [0.717, 1.165) is 17.5 Å². The maximum absolute atomic E-state index is 11.3. The molecular formula is C11H11NO2. The molecule has 0 amide bonds. The van der Waals surface area contributed by atoms with Gasteiger partial charge in [0, 0.05) is 5.69 Å². The second-order valence-electron chi connectivity index (χ2n) is 3.24. The van der Waals surface area contributed by atoms with Gasteiger partial charge in [-0.2, -0.15) is 0 Å². The molecule has 0 aliphatic heterocycles. The van der Waals surface area contributed by atoms with Gasteiger partial charge in [0.25, 0.3) is 0 Å². The zero-order valence-corrected chi connectivity index (χ0v) is 7.91. The molecular weight excluding hydrogens is 178 g/mol. The molecule has 2 N–H and O–H groups in total. The Morgan fingerprint density at radius 3 is 3.00 bits per heavy atom. The molecule has 0 atom stereocenters. The van der Waals surface area contributed by atoms with Crippen molar-refractivity contribution >= 4 is 17.7 Å². The van der Waals surface area contributed by atoms with Gasteiger partial charge in [-0.25, -0.2) is 4.79 Å². The summed E-state index contributed by atoms with van der Waals surface area (Å²) in [4.78, 5) is 11.3. The van der Waals surface area contributed by atoms with Gasteiger partial charge in [-0.05, 0) is 29.7 Å². The van der Waals surface area contributed by atoms with Crippen LogP contribution in [0.3, 0.4) is 0 Å². The monoisotopic (exact) mass is 189 g/mol. The minimum atomic E-state index is -0.378. The first kappa shape index (κ1) is 8.81. The number of hydrogen-bond acceptors (Lipinski definition) is 3. The normalized spacial score (nSPS) is 12.6. The predicted octanol–water partition coefficient (Wildman–Crippen LogP) is 1.62. The molecule has 1 aliphatic carbocycles. The molecule has 14 heavy (non-hydrogen) atoms. The standard InChI is InChI=1S/C11H11NO2/c1-14-11(13)9-5-7-3-2-4-8(7)6-10(9)12/h2,4-6H,3,12H2,1H3. The smallest absolute Gasteiger partial charge is 0.339 e. The Morgan fingerprint density at radius 2 is 2.29 bits per heavy atom. The van der Waals surface area contributed by atoms with Crippen molar-refractivity contribution in [2.45, 2.75) is 6.42 Å². The highest BCUT2D eigenvalue weighted by Crippen LogP contribution is 2.25. The summed E-state index contributed by atoms with van der Waals surface area (Å²) in [5, 5.41) is 0. The lowest BCUT2D eigenvalue weighted by molar-refractivity contribution is 0.0602. The quantitative estimate of drug-likeness (QED) is 0.539. The van der Waals surface area contributed by atoms with E-state index in [1.165, 1.54) is 7.11 Å². The van der Waals surface area contributed by atoms with Crippen LogP contribution < -0.4 is 5.73 Å². The molecule has 3 nitrogen and oxygen atoms in total. The average Bonchev–Trinajstić information content (AvgIpc) is 2.62. The summed E-state index contributed by atoms with van der Waals surface area (Å²) in [6, 6.07) is 3.61.